The van der Waals surface area contributed by atoms with Gasteiger partial charge in [0.1, 0.15) is 0 Å². The first-order valence-corrected chi connectivity index (χ1v) is 10.2. The molecule has 1 N–H and O–H groups in total. The van der Waals surface area contributed by atoms with Crippen molar-refractivity contribution in [1.29, 1.82) is 0 Å². The van der Waals surface area contributed by atoms with Gasteiger partial charge in [0.05, 0.1) is 10.8 Å². The van der Waals surface area contributed by atoms with E-state index in [0.717, 1.165) is 42.3 Å². The molecule has 128 valence electrons. The monoisotopic (exact) mass is 365 g/mol. The second-order valence-corrected chi connectivity index (χ2v) is 9.23. The Morgan fingerprint density at radius 1 is 1.12 bits per heavy atom. The summed E-state index contributed by atoms with van der Waals surface area (Å²) in [6, 6.07) is 7.93. The maximum absolute atomic E-state index is 12.3. The number of aromatic nitrogens is 1. The van der Waals surface area contributed by atoms with E-state index in [2.05, 4.69) is 10.3 Å². The molecule has 1 aromatic heterocycles. The Hall–Kier alpha value is -1.37. The van der Waals surface area contributed by atoms with Crippen molar-refractivity contribution in [2.24, 2.45) is 0 Å². The maximum atomic E-state index is 12.3. The van der Waals surface area contributed by atoms with Gasteiger partial charge in [-0.25, -0.2) is 12.7 Å². The fourth-order valence-electron chi connectivity index (χ4n) is 3.30. The van der Waals surface area contributed by atoms with Gasteiger partial charge in [0, 0.05) is 41.4 Å². The number of anilines is 1. The largest absolute Gasteiger partial charge is 0.382 e. The van der Waals surface area contributed by atoms with E-state index in [9.17, 15) is 8.42 Å². The normalized spacial score (nSPS) is 20.4. The van der Waals surface area contributed by atoms with Crippen LogP contribution in [-0.4, -0.2) is 42.1 Å². The maximum Gasteiger partial charge on any atom is 0.216 e. The van der Waals surface area contributed by atoms with Crippen LogP contribution in [0.25, 0.3) is 10.9 Å². The highest BCUT2D eigenvalue weighted by atomic mass is 35.5. The molecule has 1 aliphatic carbocycles. The van der Waals surface area contributed by atoms with Crippen molar-refractivity contribution in [3.8, 4) is 0 Å². The molecule has 24 heavy (non-hydrogen) atoms. The van der Waals surface area contributed by atoms with Gasteiger partial charge in [-0.15, -0.1) is 0 Å². The van der Waals surface area contributed by atoms with Crippen LogP contribution in [-0.2, 0) is 10.0 Å². The van der Waals surface area contributed by atoms with Crippen LogP contribution in [0.15, 0.2) is 30.5 Å². The summed E-state index contributed by atoms with van der Waals surface area (Å²) < 4.78 is 26.3. The van der Waals surface area contributed by atoms with Crippen LogP contribution in [0, 0.1) is 0 Å². The summed E-state index contributed by atoms with van der Waals surface area (Å²) >= 11 is 6.03. The smallest absolute Gasteiger partial charge is 0.216 e. The quantitative estimate of drug-likeness (QED) is 0.903. The fraction of sp³-hybridized carbons (Fsp3) is 0.471. The molecule has 0 bridgehead atoms. The van der Waals surface area contributed by atoms with Crippen molar-refractivity contribution >= 4 is 38.2 Å². The van der Waals surface area contributed by atoms with Crippen molar-refractivity contribution in [2.45, 2.75) is 37.0 Å². The van der Waals surface area contributed by atoms with E-state index in [0.29, 0.717) is 18.1 Å². The molecule has 1 aromatic carbocycles. The lowest BCUT2D eigenvalue weighted by atomic mass is 10.1. The highest BCUT2D eigenvalue weighted by molar-refractivity contribution is 7.90. The summed E-state index contributed by atoms with van der Waals surface area (Å²) in [5.41, 5.74) is 1.89. The Balaban J connectivity index is 1.46. The van der Waals surface area contributed by atoms with Gasteiger partial charge in [0.15, 0.2) is 0 Å². The summed E-state index contributed by atoms with van der Waals surface area (Å²) in [6.07, 6.45) is 5.07. The van der Waals surface area contributed by atoms with E-state index in [1.165, 1.54) is 0 Å². The molecule has 1 saturated heterocycles. The lowest BCUT2D eigenvalue weighted by Crippen LogP contribution is -2.43. The van der Waals surface area contributed by atoms with Gasteiger partial charge in [0.25, 0.3) is 0 Å². The van der Waals surface area contributed by atoms with E-state index in [4.69, 9.17) is 11.6 Å². The number of halogens is 1. The van der Waals surface area contributed by atoms with Crippen LogP contribution in [0.4, 0.5) is 5.69 Å². The lowest BCUT2D eigenvalue weighted by Gasteiger charge is -2.32. The standard InChI is InChI=1S/C17H20ClN3O2S/c18-12-1-4-15-16(5-8-19-17(15)11-12)20-13-6-9-21(10-7-13)24(22,23)14-2-3-14/h1,4-5,8,11,13-14H,2-3,6-7,9-10H2,(H,19,20). The van der Waals surface area contributed by atoms with E-state index in [-0.39, 0.29) is 11.3 Å². The summed E-state index contributed by atoms with van der Waals surface area (Å²) in [7, 11) is -3.04. The van der Waals surface area contributed by atoms with Gasteiger partial charge in [-0.2, -0.15) is 0 Å². The average molecular weight is 366 g/mol. The molecule has 0 atom stereocenters. The highest BCUT2D eigenvalue weighted by Gasteiger charge is 2.41. The van der Waals surface area contributed by atoms with Crippen LogP contribution in [0.5, 0.6) is 0 Å². The Morgan fingerprint density at radius 3 is 2.58 bits per heavy atom. The Labute approximate surface area is 147 Å². The number of benzene rings is 1. The Morgan fingerprint density at radius 2 is 1.88 bits per heavy atom. The summed E-state index contributed by atoms with van der Waals surface area (Å²) in [5, 5.41) is 5.15. The van der Waals surface area contributed by atoms with Gasteiger partial charge in [-0.05, 0) is 49.9 Å². The molecule has 5 nitrogen and oxygen atoms in total. The zero-order chi connectivity index (χ0) is 16.7. The molecular weight excluding hydrogens is 346 g/mol. The molecule has 7 heteroatoms. The summed E-state index contributed by atoms with van der Waals surface area (Å²) in [6.45, 7) is 1.21. The molecule has 0 spiro atoms. The third kappa shape index (κ3) is 3.10. The zero-order valence-electron chi connectivity index (χ0n) is 13.3. The third-order valence-corrected chi connectivity index (χ3v) is 7.46. The molecule has 0 amide bonds. The Kier molecular flexibility index (Phi) is 4.14. The highest BCUT2D eigenvalue weighted by Crippen LogP contribution is 2.33. The molecular formula is C17H20ClN3O2S. The number of rotatable bonds is 4. The number of sulfonamides is 1. The first-order chi connectivity index (χ1) is 11.5. The number of nitrogens with zero attached hydrogens (tertiary/aromatic N) is 2. The second kappa shape index (κ2) is 6.17. The van der Waals surface area contributed by atoms with Crippen LogP contribution in [0.1, 0.15) is 25.7 Å². The van der Waals surface area contributed by atoms with E-state index in [1.807, 2.05) is 24.3 Å². The van der Waals surface area contributed by atoms with Crippen molar-refractivity contribution in [3.05, 3.63) is 35.5 Å². The number of piperidine rings is 1. The van der Waals surface area contributed by atoms with Gasteiger partial charge >= 0.3 is 0 Å². The van der Waals surface area contributed by atoms with Crippen LogP contribution >= 0.6 is 11.6 Å². The predicted molar refractivity (Wildman–Crippen MR) is 96.9 cm³/mol. The van der Waals surface area contributed by atoms with Crippen molar-refractivity contribution < 1.29 is 8.42 Å². The van der Waals surface area contributed by atoms with Crippen LogP contribution in [0.2, 0.25) is 5.02 Å². The first kappa shape index (κ1) is 16.1. The number of hydrogen-bond donors (Lipinski definition) is 1. The summed E-state index contributed by atoms with van der Waals surface area (Å²) in [4.78, 5) is 4.35. The first-order valence-electron chi connectivity index (χ1n) is 8.34. The minimum Gasteiger partial charge on any atom is -0.382 e. The van der Waals surface area contributed by atoms with Crippen molar-refractivity contribution in [2.75, 3.05) is 18.4 Å². The average Bonchev–Trinajstić information content (AvgIpc) is 3.41. The molecule has 1 aliphatic heterocycles. The predicted octanol–water partition coefficient (Wildman–Crippen LogP) is 3.26. The molecule has 4 rings (SSSR count). The Bertz CT molecular complexity index is 859. The van der Waals surface area contributed by atoms with Gasteiger partial charge in [0.2, 0.25) is 10.0 Å². The number of pyridine rings is 1. The molecule has 2 aromatic rings. The minimum atomic E-state index is -3.04. The van der Waals surface area contributed by atoms with Gasteiger partial charge < -0.3 is 5.32 Å². The molecule has 0 unspecified atom stereocenters. The van der Waals surface area contributed by atoms with Crippen LogP contribution in [0.3, 0.4) is 0 Å². The topological polar surface area (TPSA) is 62.3 Å². The number of hydrogen-bond acceptors (Lipinski definition) is 4. The van der Waals surface area contributed by atoms with Crippen LogP contribution < -0.4 is 5.32 Å². The van der Waals surface area contributed by atoms with E-state index < -0.39 is 10.0 Å². The summed E-state index contributed by atoms with van der Waals surface area (Å²) in [5.74, 6) is 0. The zero-order valence-corrected chi connectivity index (χ0v) is 14.9. The number of nitrogens with one attached hydrogen (secondary N) is 1. The fourth-order valence-corrected chi connectivity index (χ4v) is 5.34. The molecule has 2 aliphatic rings. The van der Waals surface area contributed by atoms with Crippen molar-refractivity contribution in [3.63, 3.8) is 0 Å². The van der Waals surface area contributed by atoms with E-state index in [1.54, 1.807) is 10.5 Å². The minimum absolute atomic E-state index is 0.115. The molecule has 1 saturated carbocycles. The number of fused-ring (bicyclic) bond motifs is 1. The lowest BCUT2D eigenvalue weighted by molar-refractivity contribution is 0.329. The third-order valence-electron chi connectivity index (χ3n) is 4.82. The van der Waals surface area contributed by atoms with Crippen molar-refractivity contribution in [1.82, 2.24) is 9.29 Å². The van der Waals surface area contributed by atoms with Gasteiger partial charge in [-0.1, -0.05) is 11.6 Å². The SMILES string of the molecule is O=S(=O)(C1CC1)N1CCC(Nc2ccnc3cc(Cl)ccc23)CC1. The van der Waals surface area contributed by atoms with Gasteiger partial charge in [-0.3, -0.25) is 4.98 Å². The second-order valence-electron chi connectivity index (χ2n) is 6.58. The van der Waals surface area contributed by atoms with E-state index >= 15 is 0 Å². The molecule has 2 fully saturated rings. The molecule has 0 radical (unpaired) electrons. The molecule has 2 heterocycles.